The summed E-state index contributed by atoms with van der Waals surface area (Å²) in [5, 5.41) is 0. The molecule has 0 saturated carbocycles. The topological polar surface area (TPSA) is 66.6 Å². The first-order valence-corrected chi connectivity index (χ1v) is 5.51. The Kier molecular flexibility index (Phi) is 4.14. The molecule has 1 fully saturated rings. The van der Waals surface area contributed by atoms with Gasteiger partial charge in [0.15, 0.2) is 11.1 Å². The summed E-state index contributed by atoms with van der Waals surface area (Å²) >= 11 is -1.66. The van der Waals surface area contributed by atoms with Crippen molar-refractivity contribution in [3.63, 3.8) is 0 Å². The van der Waals surface area contributed by atoms with Crippen LogP contribution in [0.1, 0.15) is 12.8 Å². The molecule has 0 bridgehead atoms. The fourth-order valence-electron chi connectivity index (χ4n) is 1.50. The van der Waals surface area contributed by atoms with Gasteiger partial charge >= 0.3 is 0 Å². The van der Waals surface area contributed by atoms with Crippen molar-refractivity contribution in [2.45, 2.75) is 18.9 Å². The molecule has 2 unspecified atom stereocenters. The average molecular weight is 192 g/mol. The van der Waals surface area contributed by atoms with Crippen LogP contribution < -0.4 is 5.73 Å². The Morgan fingerprint density at radius 3 is 3.00 bits per heavy atom. The number of nitrogens with two attached hydrogens (primary N) is 1. The van der Waals surface area contributed by atoms with Gasteiger partial charge in [0.1, 0.15) is 0 Å². The lowest BCUT2D eigenvalue weighted by Crippen LogP contribution is -2.44. The van der Waals surface area contributed by atoms with Gasteiger partial charge in [0.05, 0.1) is 5.75 Å². The van der Waals surface area contributed by atoms with Crippen molar-refractivity contribution in [3.8, 4) is 0 Å². The van der Waals surface area contributed by atoms with Crippen molar-refractivity contribution in [2.24, 2.45) is 5.73 Å². The van der Waals surface area contributed by atoms with Crippen LogP contribution in [0, 0.1) is 0 Å². The van der Waals surface area contributed by atoms with Crippen molar-refractivity contribution >= 4 is 11.1 Å². The van der Waals surface area contributed by atoms with Crippen molar-refractivity contribution in [2.75, 3.05) is 25.4 Å². The second-order valence-electron chi connectivity index (χ2n) is 3.23. The van der Waals surface area contributed by atoms with E-state index in [1.54, 1.807) is 0 Å². The van der Waals surface area contributed by atoms with Gasteiger partial charge in [-0.05, 0) is 19.4 Å². The average Bonchev–Trinajstić information content (AvgIpc) is 2.01. The molecule has 1 aliphatic rings. The highest BCUT2D eigenvalue weighted by Crippen LogP contribution is 2.07. The van der Waals surface area contributed by atoms with Gasteiger partial charge < -0.3 is 15.2 Å². The molecule has 0 aliphatic carbocycles. The number of piperidine rings is 1. The molecule has 0 aromatic heterocycles. The zero-order valence-corrected chi connectivity index (χ0v) is 7.92. The van der Waals surface area contributed by atoms with Gasteiger partial charge in [-0.3, -0.25) is 0 Å². The summed E-state index contributed by atoms with van der Waals surface area (Å²) in [5.74, 6) is 0.340. The van der Waals surface area contributed by atoms with Gasteiger partial charge in [-0.15, -0.1) is 0 Å². The van der Waals surface area contributed by atoms with Crippen molar-refractivity contribution in [3.05, 3.63) is 0 Å². The van der Waals surface area contributed by atoms with Crippen LogP contribution in [0.2, 0.25) is 0 Å². The van der Waals surface area contributed by atoms with E-state index in [0.717, 1.165) is 25.9 Å². The van der Waals surface area contributed by atoms with Crippen molar-refractivity contribution in [1.29, 1.82) is 0 Å². The molecule has 1 rings (SSSR count). The quantitative estimate of drug-likeness (QED) is 0.599. The molecule has 3 N–H and O–H groups in total. The zero-order chi connectivity index (χ0) is 8.97. The lowest BCUT2D eigenvalue weighted by Gasteiger charge is -2.30. The van der Waals surface area contributed by atoms with E-state index in [4.69, 9.17) is 10.3 Å². The predicted molar refractivity (Wildman–Crippen MR) is 49.3 cm³/mol. The standard InChI is InChI=1S/C7H16N2O2S/c8-7-2-1-3-9(6-7)4-5-12(10)11/h7H,1-6,8H2,(H,10,11). The van der Waals surface area contributed by atoms with Crippen LogP contribution in [-0.2, 0) is 11.1 Å². The van der Waals surface area contributed by atoms with E-state index in [1.807, 2.05) is 0 Å². The largest absolute Gasteiger partial charge is 0.327 e. The van der Waals surface area contributed by atoms with Gasteiger partial charge in [-0.25, -0.2) is 4.21 Å². The monoisotopic (exact) mass is 192 g/mol. The Morgan fingerprint density at radius 1 is 1.67 bits per heavy atom. The van der Waals surface area contributed by atoms with Gasteiger partial charge in [0.2, 0.25) is 0 Å². The van der Waals surface area contributed by atoms with Gasteiger partial charge in [0, 0.05) is 19.1 Å². The lowest BCUT2D eigenvalue weighted by molar-refractivity contribution is 0.220. The smallest absolute Gasteiger partial charge is 0.154 e. The van der Waals surface area contributed by atoms with Gasteiger partial charge in [-0.1, -0.05) is 0 Å². The van der Waals surface area contributed by atoms with Crippen LogP contribution in [0.4, 0.5) is 0 Å². The third-order valence-electron chi connectivity index (χ3n) is 2.12. The first-order chi connectivity index (χ1) is 5.68. The molecule has 2 atom stereocenters. The molecular formula is C7H16N2O2S. The summed E-state index contributed by atoms with van der Waals surface area (Å²) in [6.07, 6.45) is 2.19. The molecule has 4 nitrogen and oxygen atoms in total. The summed E-state index contributed by atoms with van der Waals surface area (Å²) < 4.78 is 18.9. The SMILES string of the molecule is NC1CCCN(CCS(=O)O)C1. The molecule has 0 spiro atoms. The van der Waals surface area contributed by atoms with E-state index < -0.39 is 11.1 Å². The summed E-state index contributed by atoms with van der Waals surface area (Å²) in [6, 6.07) is 0.255. The van der Waals surface area contributed by atoms with E-state index in [-0.39, 0.29) is 6.04 Å². The summed E-state index contributed by atoms with van der Waals surface area (Å²) in [4.78, 5) is 2.16. The van der Waals surface area contributed by atoms with Crippen LogP contribution in [0.5, 0.6) is 0 Å². The molecule has 0 aromatic rings. The van der Waals surface area contributed by atoms with Gasteiger partial charge in [0.25, 0.3) is 0 Å². The second-order valence-corrected chi connectivity index (χ2v) is 4.28. The number of rotatable bonds is 3. The molecule has 5 heteroatoms. The molecular weight excluding hydrogens is 176 g/mol. The molecule has 0 amide bonds. The van der Waals surface area contributed by atoms with E-state index >= 15 is 0 Å². The molecule has 1 saturated heterocycles. The molecule has 0 aromatic carbocycles. The lowest BCUT2D eigenvalue weighted by atomic mass is 10.1. The highest BCUT2D eigenvalue weighted by Gasteiger charge is 2.16. The third kappa shape index (κ3) is 3.62. The Morgan fingerprint density at radius 2 is 2.42 bits per heavy atom. The van der Waals surface area contributed by atoms with E-state index in [2.05, 4.69) is 4.90 Å². The van der Waals surface area contributed by atoms with E-state index in [9.17, 15) is 4.21 Å². The third-order valence-corrected chi connectivity index (χ3v) is 2.66. The highest BCUT2D eigenvalue weighted by molar-refractivity contribution is 7.79. The normalized spacial score (nSPS) is 28.7. The van der Waals surface area contributed by atoms with Crippen LogP contribution in [0.3, 0.4) is 0 Å². The number of hydrogen-bond acceptors (Lipinski definition) is 3. The number of nitrogens with zero attached hydrogens (tertiary/aromatic N) is 1. The number of likely N-dealkylation sites (tertiary alicyclic amines) is 1. The summed E-state index contributed by atoms with van der Waals surface area (Å²) in [6.45, 7) is 2.58. The van der Waals surface area contributed by atoms with Crippen LogP contribution in [-0.4, -0.2) is 45.1 Å². The molecule has 72 valence electrons. The Hall–Kier alpha value is 0.0300. The van der Waals surface area contributed by atoms with Crippen molar-refractivity contribution in [1.82, 2.24) is 4.90 Å². The minimum absolute atomic E-state index is 0.255. The first-order valence-electron chi connectivity index (χ1n) is 4.24. The second kappa shape index (κ2) is 4.91. The Balaban J connectivity index is 2.18. The summed E-state index contributed by atoms with van der Waals surface area (Å²) in [5.41, 5.74) is 5.75. The minimum atomic E-state index is -1.66. The zero-order valence-electron chi connectivity index (χ0n) is 7.11. The Labute approximate surface area is 75.4 Å². The fourth-order valence-corrected chi connectivity index (χ4v) is 1.92. The highest BCUT2D eigenvalue weighted by atomic mass is 32.2. The van der Waals surface area contributed by atoms with Crippen LogP contribution in [0.25, 0.3) is 0 Å². The van der Waals surface area contributed by atoms with Crippen molar-refractivity contribution < 1.29 is 8.76 Å². The van der Waals surface area contributed by atoms with Crippen LogP contribution in [0.15, 0.2) is 0 Å². The number of hydrogen-bond donors (Lipinski definition) is 2. The predicted octanol–water partition coefficient (Wildman–Crippen LogP) is -0.369. The summed E-state index contributed by atoms with van der Waals surface area (Å²) in [7, 11) is 0. The maximum atomic E-state index is 10.4. The molecule has 1 aliphatic heterocycles. The van der Waals surface area contributed by atoms with E-state index in [0.29, 0.717) is 12.3 Å². The maximum Gasteiger partial charge on any atom is 0.154 e. The fraction of sp³-hybridized carbons (Fsp3) is 1.00. The van der Waals surface area contributed by atoms with Gasteiger partial charge in [-0.2, -0.15) is 0 Å². The van der Waals surface area contributed by atoms with E-state index in [1.165, 1.54) is 0 Å². The first kappa shape index (κ1) is 10.1. The maximum absolute atomic E-state index is 10.4. The van der Waals surface area contributed by atoms with Crippen LogP contribution >= 0.6 is 0 Å². The molecule has 0 radical (unpaired) electrons. The minimum Gasteiger partial charge on any atom is -0.327 e. The molecule has 12 heavy (non-hydrogen) atoms. The Bertz CT molecular complexity index is 165. The molecule has 1 heterocycles.